The normalized spacial score (nSPS) is 10.2. The summed E-state index contributed by atoms with van der Waals surface area (Å²) in [5.41, 5.74) is 1.47. The third kappa shape index (κ3) is 4.04. The van der Waals surface area contributed by atoms with E-state index in [4.69, 9.17) is 9.47 Å². The van der Waals surface area contributed by atoms with Gasteiger partial charge in [0.25, 0.3) is 0 Å². The molecule has 0 bridgehead atoms. The predicted molar refractivity (Wildman–Crippen MR) is 97.5 cm³/mol. The summed E-state index contributed by atoms with van der Waals surface area (Å²) in [7, 11) is 3.16. The van der Waals surface area contributed by atoms with E-state index in [1.807, 2.05) is 36.4 Å². The number of carbonyl (C=O) groups is 1. The number of carbonyl (C=O) groups excluding carboxylic acids is 1. The van der Waals surface area contributed by atoms with Gasteiger partial charge in [0.1, 0.15) is 16.5 Å². The van der Waals surface area contributed by atoms with Crippen LogP contribution in [0.4, 0.5) is 15.6 Å². The molecule has 7 nitrogen and oxygen atoms in total. The fourth-order valence-corrected chi connectivity index (χ4v) is 2.87. The Kier molecular flexibility index (Phi) is 5.10. The van der Waals surface area contributed by atoms with Crippen LogP contribution in [0.5, 0.6) is 11.5 Å². The minimum absolute atomic E-state index is 0.401. The summed E-state index contributed by atoms with van der Waals surface area (Å²) in [5, 5.41) is 14.6. The summed E-state index contributed by atoms with van der Waals surface area (Å²) >= 11 is 1.28. The van der Waals surface area contributed by atoms with Crippen LogP contribution in [0, 0.1) is 0 Å². The average molecular weight is 356 g/mol. The van der Waals surface area contributed by atoms with Crippen molar-refractivity contribution < 1.29 is 14.3 Å². The van der Waals surface area contributed by atoms with E-state index in [1.165, 1.54) is 11.3 Å². The topological polar surface area (TPSA) is 85.4 Å². The first-order valence-electron chi connectivity index (χ1n) is 7.38. The lowest BCUT2D eigenvalue weighted by atomic mass is 10.2. The van der Waals surface area contributed by atoms with Crippen molar-refractivity contribution in [3.63, 3.8) is 0 Å². The zero-order valence-corrected chi connectivity index (χ0v) is 14.5. The molecular formula is C17H16N4O3S. The largest absolute Gasteiger partial charge is 0.497 e. The molecule has 2 amide bonds. The SMILES string of the molecule is COc1ccc(-c2nnc(NC(=O)Nc3ccccc3OC)s2)cc1. The highest BCUT2D eigenvalue weighted by Gasteiger charge is 2.11. The van der Waals surface area contributed by atoms with Gasteiger partial charge in [-0.05, 0) is 36.4 Å². The molecule has 0 unspecified atom stereocenters. The number of aromatic nitrogens is 2. The molecule has 0 aliphatic heterocycles. The predicted octanol–water partition coefficient (Wildman–Crippen LogP) is 3.87. The van der Waals surface area contributed by atoms with Crippen LogP contribution in [-0.2, 0) is 0 Å². The number of rotatable bonds is 5. The van der Waals surface area contributed by atoms with Gasteiger partial charge in [-0.2, -0.15) is 0 Å². The molecule has 1 heterocycles. The number of anilines is 2. The molecule has 3 aromatic rings. The molecule has 0 fully saturated rings. The highest BCUT2D eigenvalue weighted by Crippen LogP contribution is 2.28. The summed E-state index contributed by atoms with van der Waals surface area (Å²) in [4.78, 5) is 12.1. The van der Waals surface area contributed by atoms with Crippen LogP contribution in [0.2, 0.25) is 0 Å². The van der Waals surface area contributed by atoms with Crippen LogP contribution >= 0.6 is 11.3 Å². The number of nitrogens with zero attached hydrogens (tertiary/aromatic N) is 2. The second-order valence-electron chi connectivity index (χ2n) is 4.92. The Bertz CT molecular complexity index is 864. The smallest absolute Gasteiger partial charge is 0.325 e. The van der Waals surface area contributed by atoms with E-state index in [2.05, 4.69) is 20.8 Å². The number of amides is 2. The molecule has 0 saturated heterocycles. The summed E-state index contributed by atoms with van der Waals surface area (Å²) in [6, 6.07) is 14.2. The number of urea groups is 1. The van der Waals surface area contributed by atoms with E-state index in [-0.39, 0.29) is 0 Å². The van der Waals surface area contributed by atoms with Crippen LogP contribution in [-0.4, -0.2) is 30.4 Å². The van der Waals surface area contributed by atoms with Crippen molar-refractivity contribution in [3.8, 4) is 22.1 Å². The molecule has 0 spiro atoms. The molecule has 2 N–H and O–H groups in total. The van der Waals surface area contributed by atoms with Gasteiger partial charge in [0.15, 0.2) is 0 Å². The number of benzene rings is 2. The minimum Gasteiger partial charge on any atom is -0.497 e. The quantitative estimate of drug-likeness (QED) is 0.725. The summed E-state index contributed by atoms with van der Waals surface area (Å²) in [6.07, 6.45) is 0. The van der Waals surface area contributed by atoms with Gasteiger partial charge >= 0.3 is 6.03 Å². The van der Waals surface area contributed by atoms with Crippen molar-refractivity contribution in [2.24, 2.45) is 0 Å². The Labute approximate surface area is 148 Å². The van der Waals surface area contributed by atoms with Gasteiger partial charge in [-0.1, -0.05) is 23.5 Å². The van der Waals surface area contributed by atoms with Crippen molar-refractivity contribution >= 4 is 28.2 Å². The van der Waals surface area contributed by atoms with Crippen molar-refractivity contribution in [1.82, 2.24) is 10.2 Å². The monoisotopic (exact) mass is 356 g/mol. The second-order valence-corrected chi connectivity index (χ2v) is 5.90. The van der Waals surface area contributed by atoms with Crippen LogP contribution in [0.3, 0.4) is 0 Å². The summed E-state index contributed by atoms with van der Waals surface area (Å²) in [6.45, 7) is 0. The third-order valence-corrected chi connectivity index (χ3v) is 4.23. The van der Waals surface area contributed by atoms with Crippen molar-refractivity contribution in [2.75, 3.05) is 24.9 Å². The lowest BCUT2D eigenvalue weighted by Gasteiger charge is -2.09. The number of hydrogen-bond acceptors (Lipinski definition) is 6. The first kappa shape index (κ1) is 16.7. The average Bonchev–Trinajstić information content (AvgIpc) is 3.10. The van der Waals surface area contributed by atoms with Gasteiger partial charge in [0, 0.05) is 5.56 Å². The van der Waals surface area contributed by atoms with E-state index in [1.54, 1.807) is 26.4 Å². The molecule has 3 rings (SSSR count). The number of para-hydroxylation sites is 2. The van der Waals surface area contributed by atoms with Crippen molar-refractivity contribution in [3.05, 3.63) is 48.5 Å². The Morgan fingerprint density at radius 1 is 0.960 bits per heavy atom. The summed E-state index contributed by atoms with van der Waals surface area (Å²) < 4.78 is 10.3. The van der Waals surface area contributed by atoms with Gasteiger partial charge in [-0.25, -0.2) is 4.79 Å². The Balaban J connectivity index is 1.67. The Morgan fingerprint density at radius 3 is 2.44 bits per heavy atom. The number of hydrogen-bond donors (Lipinski definition) is 2. The van der Waals surface area contributed by atoms with Gasteiger partial charge in [-0.15, -0.1) is 10.2 Å². The first-order chi connectivity index (χ1) is 12.2. The Hall–Kier alpha value is -3.13. The van der Waals surface area contributed by atoms with E-state index in [0.717, 1.165) is 11.3 Å². The zero-order valence-electron chi connectivity index (χ0n) is 13.6. The van der Waals surface area contributed by atoms with Gasteiger partial charge in [0.2, 0.25) is 5.13 Å². The van der Waals surface area contributed by atoms with E-state index >= 15 is 0 Å². The molecule has 0 saturated carbocycles. The molecule has 0 radical (unpaired) electrons. The maximum atomic E-state index is 12.1. The Morgan fingerprint density at radius 2 is 1.72 bits per heavy atom. The van der Waals surface area contributed by atoms with Crippen LogP contribution < -0.4 is 20.1 Å². The lowest BCUT2D eigenvalue weighted by molar-refractivity contribution is 0.262. The number of nitrogens with one attached hydrogen (secondary N) is 2. The molecule has 0 atom stereocenters. The number of ether oxygens (including phenoxy) is 2. The molecule has 1 aromatic heterocycles. The molecule has 25 heavy (non-hydrogen) atoms. The van der Waals surface area contributed by atoms with Crippen molar-refractivity contribution in [2.45, 2.75) is 0 Å². The highest BCUT2D eigenvalue weighted by molar-refractivity contribution is 7.18. The maximum absolute atomic E-state index is 12.1. The fraction of sp³-hybridized carbons (Fsp3) is 0.118. The molecule has 2 aromatic carbocycles. The zero-order chi connectivity index (χ0) is 17.6. The summed E-state index contributed by atoms with van der Waals surface area (Å²) in [5.74, 6) is 1.34. The van der Waals surface area contributed by atoms with E-state index in [9.17, 15) is 4.79 Å². The standard InChI is InChI=1S/C17H16N4O3S/c1-23-12-9-7-11(8-10-12)15-20-21-17(25-15)19-16(22)18-13-5-3-4-6-14(13)24-2/h3-10H,1-2H3,(H2,18,19,21,22). The number of methoxy groups -OCH3 is 2. The maximum Gasteiger partial charge on any atom is 0.325 e. The van der Waals surface area contributed by atoms with E-state index < -0.39 is 6.03 Å². The fourth-order valence-electron chi connectivity index (χ4n) is 2.12. The molecule has 0 aliphatic rings. The molecule has 8 heteroatoms. The van der Waals surface area contributed by atoms with Gasteiger partial charge in [-0.3, -0.25) is 5.32 Å². The molecule has 0 aliphatic carbocycles. The van der Waals surface area contributed by atoms with Crippen LogP contribution in [0.1, 0.15) is 0 Å². The van der Waals surface area contributed by atoms with E-state index in [0.29, 0.717) is 21.6 Å². The van der Waals surface area contributed by atoms with Crippen LogP contribution in [0.25, 0.3) is 10.6 Å². The molecular weight excluding hydrogens is 340 g/mol. The van der Waals surface area contributed by atoms with Gasteiger partial charge in [0.05, 0.1) is 19.9 Å². The molecule has 128 valence electrons. The minimum atomic E-state index is -0.415. The third-order valence-electron chi connectivity index (χ3n) is 3.34. The van der Waals surface area contributed by atoms with Gasteiger partial charge < -0.3 is 14.8 Å². The van der Waals surface area contributed by atoms with Crippen LogP contribution in [0.15, 0.2) is 48.5 Å². The first-order valence-corrected chi connectivity index (χ1v) is 8.20. The van der Waals surface area contributed by atoms with Crippen molar-refractivity contribution in [1.29, 1.82) is 0 Å². The second kappa shape index (κ2) is 7.63. The highest BCUT2D eigenvalue weighted by atomic mass is 32.1. The lowest BCUT2D eigenvalue weighted by Crippen LogP contribution is -2.19.